The van der Waals surface area contributed by atoms with Crippen molar-refractivity contribution in [3.8, 4) is 0 Å². The average Bonchev–Trinajstić information content (AvgIpc) is 2.15. The molecule has 0 radical (unpaired) electrons. The Morgan fingerprint density at radius 3 is 2.50 bits per heavy atom. The zero-order valence-corrected chi connectivity index (χ0v) is 11.0. The first-order valence-corrected chi connectivity index (χ1v) is 5.84. The van der Waals surface area contributed by atoms with E-state index in [4.69, 9.17) is 5.73 Å². The van der Waals surface area contributed by atoms with Gasteiger partial charge in [0, 0.05) is 42.8 Å². The van der Waals surface area contributed by atoms with Crippen LogP contribution in [0.1, 0.15) is 30.8 Å². The van der Waals surface area contributed by atoms with E-state index in [1.54, 1.807) is 0 Å². The largest absolute Gasteiger partial charge is 0.374 e. The van der Waals surface area contributed by atoms with Crippen LogP contribution in [0.4, 0.5) is 5.69 Å². The number of aryl methyl sites for hydroxylation is 2. The average molecular weight is 221 g/mol. The van der Waals surface area contributed by atoms with Gasteiger partial charge < -0.3 is 10.6 Å². The van der Waals surface area contributed by atoms with Crippen LogP contribution in [0.15, 0.2) is 6.07 Å². The van der Waals surface area contributed by atoms with Gasteiger partial charge in [-0.2, -0.15) is 0 Å². The molecule has 0 aliphatic carbocycles. The molecule has 0 aliphatic rings. The van der Waals surface area contributed by atoms with Gasteiger partial charge in [0.15, 0.2) is 0 Å². The fourth-order valence-electron chi connectivity index (χ4n) is 2.07. The normalized spacial score (nSPS) is 10.9. The van der Waals surface area contributed by atoms with Crippen LogP contribution >= 0.6 is 0 Å². The van der Waals surface area contributed by atoms with Crippen molar-refractivity contribution in [3.05, 3.63) is 23.0 Å². The highest BCUT2D eigenvalue weighted by molar-refractivity contribution is 5.55. The van der Waals surface area contributed by atoms with Crippen LogP contribution in [0.25, 0.3) is 0 Å². The number of hydrogen-bond acceptors (Lipinski definition) is 3. The maximum absolute atomic E-state index is 5.80. The number of rotatable bonds is 4. The summed E-state index contributed by atoms with van der Waals surface area (Å²) in [5.41, 5.74) is 10.3. The van der Waals surface area contributed by atoms with Crippen molar-refractivity contribution in [2.45, 2.75) is 34.2 Å². The zero-order chi connectivity index (χ0) is 12.3. The van der Waals surface area contributed by atoms with Crippen LogP contribution in [-0.4, -0.2) is 18.6 Å². The molecule has 0 bridgehead atoms. The Morgan fingerprint density at radius 2 is 2.00 bits per heavy atom. The first-order valence-electron chi connectivity index (χ1n) is 5.84. The van der Waals surface area contributed by atoms with Gasteiger partial charge in [0.1, 0.15) is 0 Å². The van der Waals surface area contributed by atoms with E-state index in [2.05, 4.69) is 36.8 Å². The smallest absolute Gasteiger partial charge is 0.0445 e. The molecule has 0 aliphatic heterocycles. The minimum Gasteiger partial charge on any atom is -0.374 e. The number of hydrogen-bond donors (Lipinski definition) is 1. The Bertz CT molecular complexity index is 358. The highest BCUT2D eigenvalue weighted by Crippen LogP contribution is 2.23. The van der Waals surface area contributed by atoms with Gasteiger partial charge in [-0.05, 0) is 25.8 Å². The summed E-state index contributed by atoms with van der Waals surface area (Å²) < 4.78 is 0. The highest BCUT2D eigenvalue weighted by atomic mass is 15.1. The molecule has 90 valence electrons. The monoisotopic (exact) mass is 221 g/mol. The van der Waals surface area contributed by atoms with E-state index < -0.39 is 0 Å². The van der Waals surface area contributed by atoms with Gasteiger partial charge in [-0.1, -0.05) is 13.8 Å². The Balaban J connectivity index is 3.10. The summed E-state index contributed by atoms with van der Waals surface area (Å²) in [5.74, 6) is 0.643. The predicted molar refractivity (Wildman–Crippen MR) is 69.7 cm³/mol. The lowest BCUT2D eigenvalue weighted by molar-refractivity contribution is 0.636. The molecular formula is C13H23N3. The van der Waals surface area contributed by atoms with Crippen LogP contribution < -0.4 is 10.6 Å². The van der Waals surface area contributed by atoms with E-state index in [9.17, 15) is 0 Å². The SMILES string of the molecule is Cc1cc(N(C)CC(C)C)c(CN)c(C)n1. The van der Waals surface area contributed by atoms with E-state index in [0.717, 1.165) is 23.5 Å². The van der Waals surface area contributed by atoms with Gasteiger partial charge in [-0.3, -0.25) is 4.98 Å². The summed E-state index contributed by atoms with van der Waals surface area (Å²) in [6, 6.07) is 2.12. The molecule has 3 heteroatoms. The summed E-state index contributed by atoms with van der Waals surface area (Å²) >= 11 is 0. The van der Waals surface area contributed by atoms with Crippen LogP contribution in [-0.2, 0) is 6.54 Å². The molecule has 0 unspecified atom stereocenters. The molecule has 0 saturated carbocycles. The van der Waals surface area contributed by atoms with E-state index in [1.165, 1.54) is 5.69 Å². The molecule has 1 rings (SSSR count). The van der Waals surface area contributed by atoms with Gasteiger partial charge >= 0.3 is 0 Å². The van der Waals surface area contributed by atoms with Gasteiger partial charge in [-0.15, -0.1) is 0 Å². The molecule has 3 nitrogen and oxygen atoms in total. The van der Waals surface area contributed by atoms with Gasteiger partial charge in [0.2, 0.25) is 0 Å². The number of aromatic nitrogens is 1. The van der Waals surface area contributed by atoms with E-state index in [0.29, 0.717) is 12.5 Å². The second-order valence-corrected chi connectivity index (χ2v) is 4.83. The van der Waals surface area contributed by atoms with Crippen molar-refractivity contribution in [1.29, 1.82) is 0 Å². The summed E-state index contributed by atoms with van der Waals surface area (Å²) in [6.45, 7) is 10.1. The lowest BCUT2D eigenvalue weighted by Crippen LogP contribution is -2.25. The van der Waals surface area contributed by atoms with Crippen molar-refractivity contribution in [3.63, 3.8) is 0 Å². The molecule has 0 atom stereocenters. The lowest BCUT2D eigenvalue weighted by atomic mass is 10.1. The number of anilines is 1. The third kappa shape index (κ3) is 2.95. The molecule has 0 fully saturated rings. The molecule has 0 spiro atoms. The molecular weight excluding hydrogens is 198 g/mol. The lowest BCUT2D eigenvalue weighted by Gasteiger charge is -2.25. The van der Waals surface area contributed by atoms with Crippen molar-refractivity contribution < 1.29 is 0 Å². The predicted octanol–water partition coefficient (Wildman–Crippen LogP) is 2.25. The number of nitrogens with two attached hydrogens (primary N) is 1. The van der Waals surface area contributed by atoms with Crippen LogP contribution in [0.3, 0.4) is 0 Å². The fraction of sp³-hybridized carbons (Fsp3) is 0.615. The maximum atomic E-state index is 5.80. The van der Waals surface area contributed by atoms with Crippen LogP contribution in [0, 0.1) is 19.8 Å². The topological polar surface area (TPSA) is 42.1 Å². The van der Waals surface area contributed by atoms with Crippen molar-refractivity contribution in [2.75, 3.05) is 18.5 Å². The number of nitrogens with zero attached hydrogens (tertiary/aromatic N) is 2. The van der Waals surface area contributed by atoms with Crippen LogP contribution in [0.5, 0.6) is 0 Å². The molecule has 2 N–H and O–H groups in total. The summed E-state index contributed by atoms with van der Waals surface area (Å²) in [5, 5.41) is 0. The molecule has 0 aromatic carbocycles. The van der Waals surface area contributed by atoms with E-state index in [-0.39, 0.29) is 0 Å². The summed E-state index contributed by atoms with van der Waals surface area (Å²) in [7, 11) is 2.12. The highest BCUT2D eigenvalue weighted by Gasteiger charge is 2.11. The minimum atomic E-state index is 0.552. The maximum Gasteiger partial charge on any atom is 0.0445 e. The molecule has 1 aromatic heterocycles. The standard InChI is InChI=1S/C13H23N3/c1-9(2)8-16(5)13-6-10(3)15-11(4)12(13)7-14/h6,9H,7-8,14H2,1-5H3. The Labute approximate surface area is 98.7 Å². The van der Waals surface area contributed by atoms with Gasteiger partial charge in [0.25, 0.3) is 0 Å². The first-order chi connectivity index (χ1) is 7.45. The zero-order valence-electron chi connectivity index (χ0n) is 11.0. The molecule has 1 aromatic rings. The third-order valence-corrected chi connectivity index (χ3v) is 2.69. The summed E-state index contributed by atoms with van der Waals surface area (Å²) in [4.78, 5) is 6.73. The molecule has 0 amide bonds. The fourth-order valence-corrected chi connectivity index (χ4v) is 2.07. The Hall–Kier alpha value is -1.09. The van der Waals surface area contributed by atoms with Gasteiger partial charge in [-0.25, -0.2) is 0 Å². The van der Waals surface area contributed by atoms with Crippen molar-refractivity contribution in [1.82, 2.24) is 4.98 Å². The Kier molecular flexibility index (Phi) is 4.30. The summed E-state index contributed by atoms with van der Waals surface area (Å²) in [6.07, 6.45) is 0. The first kappa shape index (κ1) is 13.0. The molecule has 0 saturated heterocycles. The van der Waals surface area contributed by atoms with E-state index >= 15 is 0 Å². The van der Waals surface area contributed by atoms with Crippen molar-refractivity contribution in [2.24, 2.45) is 11.7 Å². The third-order valence-electron chi connectivity index (χ3n) is 2.69. The second kappa shape index (κ2) is 5.30. The van der Waals surface area contributed by atoms with E-state index in [1.807, 2.05) is 13.8 Å². The van der Waals surface area contributed by atoms with Gasteiger partial charge in [0.05, 0.1) is 0 Å². The molecule has 1 heterocycles. The number of pyridine rings is 1. The quantitative estimate of drug-likeness (QED) is 0.848. The van der Waals surface area contributed by atoms with Crippen molar-refractivity contribution >= 4 is 5.69 Å². The molecule has 16 heavy (non-hydrogen) atoms. The second-order valence-electron chi connectivity index (χ2n) is 4.83. The Morgan fingerprint density at radius 1 is 1.38 bits per heavy atom. The minimum absolute atomic E-state index is 0.552. The van der Waals surface area contributed by atoms with Crippen LogP contribution in [0.2, 0.25) is 0 Å².